The van der Waals surface area contributed by atoms with Crippen molar-refractivity contribution in [3.05, 3.63) is 77.2 Å². The summed E-state index contributed by atoms with van der Waals surface area (Å²) in [5.74, 6) is 1.34. The number of amides is 2. The highest BCUT2D eigenvalue weighted by Gasteiger charge is 2.60. The topological polar surface area (TPSA) is 87.9 Å². The fraction of sp³-hybridized carbons (Fsp3) is 0.370. The van der Waals surface area contributed by atoms with Crippen LogP contribution < -0.4 is 15.0 Å². The van der Waals surface area contributed by atoms with Crippen LogP contribution in [0.4, 0.5) is 5.69 Å². The highest BCUT2D eigenvalue weighted by Crippen LogP contribution is 2.57. The molecule has 3 aromatic rings. The van der Waals surface area contributed by atoms with E-state index in [1.807, 2.05) is 49.4 Å². The molecule has 180 valence electrons. The molecule has 0 unspecified atom stereocenters. The van der Waals surface area contributed by atoms with E-state index in [9.17, 15) is 9.59 Å². The Morgan fingerprint density at radius 3 is 2.89 bits per heavy atom. The van der Waals surface area contributed by atoms with Crippen LogP contribution in [0, 0.1) is 6.92 Å². The summed E-state index contributed by atoms with van der Waals surface area (Å²) < 4.78 is 11.6. The number of aryl methyl sites for hydroxylation is 1. The molecule has 3 aliphatic heterocycles. The predicted molar refractivity (Wildman–Crippen MR) is 129 cm³/mol. The summed E-state index contributed by atoms with van der Waals surface area (Å²) in [6.45, 7) is 4.15. The third-order valence-corrected chi connectivity index (χ3v) is 7.35. The average molecular weight is 473 g/mol. The first-order chi connectivity index (χ1) is 17.1. The van der Waals surface area contributed by atoms with Crippen molar-refractivity contribution in [2.24, 2.45) is 0 Å². The minimum absolute atomic E-state index is 0.00646. The van der Waals surface area contributed by atoms with Crippen LogP contribution in [0.3, 0.4) is 0 Å². The van der Waals surface area contributed by atoms with E-state index >= 15 is 0 Å². The molecule has 4 heterocycles. The van der Waals surface area contributed by atoms with Gasteiger partial charge in [0.25, 0.3) is 0 Å². The second-order valence-corrected chi connectivity index (χ2v) is 9.56. The van der Waals surface area contributed by atoms with Gasteiger partial charge < -0.3 is 19.5 Å². The maximum atomic E-state index is 14.3. The number of carbonyl (C=O) groups is 2. The molecule has 35 heavy (non-hydrogen) atoms. The van der Waals surface area contributed by atoms with Crippen LogP contribution >= 0.6 is 0 Å². The number of carbonyl (C=O) groups excluding carboxylic acids is 2. The third kappa shape index (κ3) is 3.60. The van der Waals surface area contributed by atoms with Gasteiger partial charge in [0.2, 0.25) is 11.8 Å². The number of para-hydroxylation sites is 1. The molecule has 6 rings (SSSR count). The minimum atomic E-state index is -0.811. The Labute approximate surface area is 203 Å². The standard InChI is InChI=1S/C27H28N4O4/c1-18-14-21(35-29-18)16-30-12-10-27-22-8-2-3-9-23(22)31(26(27)33)17-24(32)28-11-5-13-34-20-7-4-6-19(15-20)25(27)30/h2-4,6-9,14-15,25H,5,10-13,16-17H2,1H3,(H,28,32)/t25-,27+/m0/s1. The Bertz CT molecular complexity index is 1290. The molecule has 3 aliphatic rings. The van der Waals surface area contributed by atoms with Crippen molar-refractivity contribution in [1.82, 2.24) is 15.4 Å². The van der Waals surface area contributed by atoms with Gasteiger partial charge in [-0.2, -0.15) is 0 Å². The molecule has 1 saturated heterocycles. The van der Waals surface area contributed by atoms with E-state index < -0.39 is 5.41 Å². The van der Waals surface area contributed by atoms with Crippen molar-refractivity contribution in [1.29, 1.82) is 0 Å². The Kier molecular flexibility index (Phi) is 5.33. The molecule has 1 N–H and O–H groups in total. The molecule has 2 amide bonds. The molecule has 4 bridgehead atoms. The van der Waals surface area contributed by atoms with E-state index in [1.54, 1.807) is 4.90 Å². The SMILES string of the molecule is Cc1cc(CN2CC[C@]34C(=O)N(CC(=O)NCCCOc5cccc(c5)[C@H]23)c2ccccc24)on1. The lowest BCUT2D eigenvalue weighted by molar-refractivity contribution is -0.127. The molecule has 2 aromatic carbocycles. The zero-order chi connectivity index (χ0) is 24.0. The number of rotatable bonds is 2. The van der Waals surface area contributed by atoms with E-state index in [4.69, 9.17) is 9.26 Å². The Hall–Kier alpha value is -3.65. The number of anilines is 1. The maximum Gasteiger partial charge on any atom is 0.240 e. The molecule has 1 spiro atoms. The first-order valence-electron chi connectivity index (χ1n) is 12.1. The smallest absolute Gasteiger partial charge is 0.240 e. The molecule has 0 saturated carbocycles. The summed E-state index contributed by atoms with van der Waals surface area (Å²) >= 11 is 0. The lowest BCUT2D eigenvalue weighted by Gasteiger charge is -2.35. The van der Waals surface area contributed by atoms with Gasteiger partial charge in [-0.15, -0.1) is 0 Å². The van der Waals surface area contributed by atoms with E-state index in [0.29, 0.717) is 39.1 Å². The molecule has 8 heteroatoms. The number of aromatic nitrogens is 1. The minimum Gasteiger partial charge on any atom is -0.494 e. The van der Waals surface area contributed by atoms with Gasteiger partial charge in [-0.25, -0.2) is 0 Å². The van der Waals surface area contributed by atoms with Gasteiger partial charge >= 0.3 is 0 Å². The Morgan fingerprint density at radius 1 is 1.14 bits per heavy atom. The van der Waals surface area contributed by atoms with Crippen molar-refractivity contribution in [3.8, 4) is 5.75 Å². The average Bonchev–Trinajstić information content (AvgIpc) is 3.51. The van der Waals surface area contributed by atoms with Crippen LogP contribution in [0.25, 0.3) is 0 Å². The fourth-order valence-electron chi connectivity index (χ4n) is 5.93. The van der Waals surface area contributed by atoms with Gasteiger partial charge in [-0.1, -0.05) is 35.5 Å². The van der Waals surface area contributed by atoms with Crippen molar-refractivity contribution in [3.63, 3.8) is 0 Å². The normalized spacial score (nSPS) is 24.4. The second kappa shape index (κ2) is 8.53. The number of benzene rings is 2. The zero-order valence-electron chi connectivity index (χ0n) is 19.7. The zero-order valence-corrected chi connectivity index (χ0v) is 19.7. The summed E-state index contributed by atoms with van der Waals surface area (Å²) in [7, 11) is 0. The largest absolute Gasteiger partial charge is 0.494 e. The molecule has 8 nitrogen and oxygen atoms in total. The number of hydrogen-bond donors (Lipinski definition) is 1. The fourth-order valence-corrected chi connectivity index (χ4v) is 5.93. The van der Waals surface area contributed by atoms with E-state index in [2.05, 4.69) is 27.5 Å². The molecular formula is C27H28N4O4. The van der Waals surface area contributed by atoms with Crippen LogP contribution in [0.5, 0.6) is 5.75 Å². The quantitative estimate of drug-likeness (QED) is 0.617. The Morgan fingerprint density at radius 2 is 2.03 bits per heavy atom. The maximum absolute atomic E-state index is 14.3. The van der Waals surface area contributed by atoms with Crippen molar-refractivity contribution in [2.45, 2.75) is 37.8 Å². The molecule has 0 aliphatic carbocycles. The molecular weight excluding hydrogens is 444 g/mol. The summed E-state index contributed by atoms with van der Waals surface area (Å²) in [6.07, 6.45) is 1.33. The van der Waals surface area contributed by atoms with E-state index in [1.165, 1.54) is 0 Å². The van der Waals surface area contributed by atoms with Gasteiger partial charge in [0.05, 0.1) is 30.3 Å². The summed E-state index contributed by atoms with van der Waals surface area (Å²) in [5.41, 5.74) is 2.82. The van der Waals surface area contributed by atoms with Crippen molar-refractivity contribution >= 4 is 17.5 Å². The predicted octanol–water partition coefficient (Wildman–Crippen LogP) is 3.11. The summed E-state index contributed by atoms with van der Waals surface area (Å²) in [5, 5.41) is 6.99. The first-order valence-corrected chi connectivity index (χ1v) is 12.1. The van der Waals surface area contributed by atoms with E-state index in [0.717, 1.165) is 34.0 Å². The highest BCUT2D eigenvalue weighted by atomic mass is 16.5. The molecule has 1 aromatic heterocycles. The number of nitrogens with one attached hydrogen (secondary N) is 1. The third-order valence-electron chi connectivity index (χ3n) is 7.35. The van der Waals surface area contributed by atoms with Gasteiger partial charge in [-0.3, -0.25) is 14.5 Å². The summed E-state index contributed by atoms with van der Waals surface area (Å²) in [4.78, 5) is 31.1. The number of hydrogen-bond acceptors (Lipinski definition) is 6. The van der Waals surface area contributed by atoms with Crippen LogP contribution in [0.15, 0.2) is 59.1 Å². The molecule has 0 radical (unpaired) electrons. The van der Waals surface area contributed by atoms with Gasteiger partial charge in [0, 0.05) is 24.8 Å². The first kappa shape index (κ1) is 21.9. The van der Waals surface area contributed by atoms with Gasteiger partial charge in [-0.05, 0) is 49.1 Å². The molecule has 1 fully saturated rings. The lowest BCUT2D eigenvalue weighted by atomic mass is 9.72. The second-order valence-electron chi connectivity index (χ2n) is 9.56. The van der Waals surface area contributed by atoms with Gasteiger partial charge in [0.15, 0.2) is 5.76 Å². The lowest BCUT2D eigenvalue weighted by Crippen LogP contribution is -2.47. The van der Waals surface area contributed by atoms with Crippen LogP contribution in [0.1, 0.15) is 41.5 Å². The van der Waals surface area contributed by atoms with Gasteiger partial charge in [0.1, 0.15) is 12.3 Å². The number of ether oxygens (including phenoxy) is 1. The highest BCUT2D eigenvalue weighted by molar-refractivity contribution is 6.11. The van der Waals surface area contributed by atoms with Crippen molar-refractivity contribution in [2.75, 3.05) is 31.1 Å². The Balaban J connectivity index is 1.52. The van der Waals surface area contributed by atoms with Crippen LogP contribution in [-0.2, 0) is 21.5 Å². The number of likely N-dealkylation sites (tertiary alicyclic amines) is 1. The number of nitrogens with zero attached hydrogens (tertiary/aromatic N) is 3. The monoisotopic (exact) mass is 472 g/mol. The summed E-state index contributed by atoms with van der Waals surface area (Å²) in [6, 6.07) is 17.6. The van der Waals surface area contributed by atoms with Crippen molar-refractivity contribution < 1.29 is 18.8 Å². The van der Waals surface area contributed by atoms with Crippen LogP contribution in [-0.4, -0.2) is 48.1 Å². The van der Waals surface area contributed by atoms with Crippen LogP contribution in [0.2, 0.25) is 0 Å². The molecule has 2 atom stereocenters. The van der Waals surface area contributed by atoms with E-state index in [-0.39, 0.29) is 24.4 Å². The number of fused-ring (bicyclic) bond motifs is 6.